The van der Waals surface area contributed by atoms with Crippen molar-refractivity contribution in [2.45, 2.75) is 11.6 Å². The first-order chi connectivity index (χ1) is 9.49. The molecule has 0 bridgehead atoms. The minimum Gasteiger partial charge on any atom is -0.478 e. The average Bonchev–Trinajstić information content (AvgIpc) is 3.05. The minimum absolute atomic E-state index is 0.0170. The first-order valence-electron chi connectivity index (χ1n) is 5.45. The molecule has 0 saturated heterocycles. The lowest BCUT2D eigenvalue weighted by Crippen LogP contribution is -2.23. The van der Waals surface area contributed by atoms with Gasteiger partial charge in [-0.15, -0.1) is 11.3 Å². The molecule has 0 radical (unpaired) electrons. The van der Waals surface area contributed by atoms with E-state index in [0.717, 1.165) is 11.0 Å². The van der Waals surface area contributed by atoms with Gasteiger partial charge >= 0.3 is 5.97 Å². The van der Waals surface area contributed by atoms with Crippen LogP contribution < -0.4 is 4.72 Å². The maximum atomic E-state index is 11.9. The Labute approximate surface area is 119 Å². The zero-order chi connectivity index (χ0) is 14.6. The van der Waals surface area contributed by atoms with E-state index >= 15 is 0 Å². The van der Waals surface area contributed by atoms with E-state index in [9.17, 15) is 13.2 Å². The quantitative estimate of drug-likeness (QED) is 0.690. The van der Waals surface area contributed by atoms with Crippen LogP contribution in [0.5, 0.6) is 0 Å². The molecule has 0 unspecified atom stereocenters. The normalized spacial score (nSPS) is 12.0. The number of carbonyl (C=O) groups is 1. The lowest BCUT2D eigenvalue weighted by Gasteiger charge is -2.04. The third kappa shape index (κ3) is 3.53. The number of carboxylic acid groups (broad SMARTS) is 1. The number of aromatic amines is 1. The highest BCUT2D eigenvalue weighted by atomic mass is 32.2. The summed E-state index contributed by atoms with van der Waals surface area (Å²) >= 11 is 1.34. The average molecular weight is 313 g/mol. The highest BCUT2D eigenvalue weighted by molar-refractivity contribution is 7.89. The summed E-state index contributed by atoms with van der Waals surface area (Å²) < 4.78 is 26.2. The molecule has 0 aromatic carbocycles. The van der Waals surface area contributed by atoms with Gasteiger partial charge in [-0.2, -0.15) is 5.10 Å². The van der Waals surface area contributed by atoms with E-state index < -0.39 is 16.0 Å². The van der Waals surface area contributed by atoms with Crippen LogP contribution in [0.15, 0.2) is 34.8 Å². The Balaban J connectivity index is 2.09. The number of carboxylic acids is 1. The fourth-order valence-electron chi connectivity index (χ4n) is 1.43. The van der Waals surface area contributed by atoms with E-state index in [0.29, 0.717) is 5.56 Å². The van der Waals surface area contributed by atoms with Crippen LogP contribution in [-0.4, -0.2) is 29.7 Å². The Bertz CT molecular complexity index is 717. The molecule has 9 heteroatoms. The molecule has 0 saturated carbocycles. The summed E-state index contributed by atoms with van der Waals surface area (Å²) in [5, 5.41) is 16.3. The van der Waals surface area contributed by atoms with Crippen LogP contribution in [0.4, 0.5) is 0 Å². The fraction of sp³-hybridized carbons (Fsp3) is 0.0909. The highest BCUT2D eigenvalue weighted by Crippen LogP contribution is 2.19. The highest BCUT2D eigenvalue weighted by Gasteiger charge is 2.15. The van der Waals surface area contributed by atoms with Gasteiger partial charge in [0.25, 0.3) is 10.0 Å². The lowest BCUT2D eigenvalue weighted by molar-refractivity contribution is -0.131. The number of hydrogen-bond donors (Lipinski definition) is 3. The second-order valence-electron chi connectivity index (χ2n) is 3.72. The molecule has 2 aromatic heterocycles. The van der Waals surface area contributed by atoms with Gasteiger partial charge in [-0.25, -0.2) is 17.9 Å². The number of hydrogen-bond acceptors (Lipinski definition) is 5. The van der Waals surface area contributed by atoms with Crippen molar-refractivity contribution in [1.29, 1.82) is 0 Å². The van der Waals surface area contributed by atoms with Crippen molar-refractivity contribution in [3.63, 3.8) is 0 Å². The molecule has 2 heterocycles. The SMILES string of the molecule is O=C(O)/C=C/c1ccsc1CNS(=O)(=O)c1ccn[nH]1. The van der Waals surface area contributed by atoms with Gasteiger partial charge in [0, 0.05) is 17.5 Å². The summed E-state index contributed by atoms with van der Waals surface area (Å²) in [6.07, 6.45) is 3.79. The third-order valence-corrected chi connectivity index (χ3v) is 4.64. The number of nitrogens with one attached hydrogen (secondary N) is 2. The Kier molecular flexibility index (Phi) is 4.32. The van der Waals surface area contributed by atoms with Gasteiger partial charge < -0.3 is 5.11 Å². The van der Waals surface area contributed by atoms with Gasteiger partial charge in [-0.05, 0) is 29.2 Å². The summed E-state index contributed by atoms with van der Waals surface area (Å²) in [6.45, 7) is 0.0817. The zero-order valence-electron chi connectivity index (χ0n) is 10.1. The maximum Gasteiger partial charge on any atom is 0.328 e. The number of rotatable bonds is 6. The van der Waals surface area contributed by atoms with Crippen LogP contribution in [0, 0.1) is 0 Å². The summed E-state index contributed by atoms with van der Waals surface area (Å²) in [6, 6.07) is 3.08. The first kappa shape index (κ1) is 14.4. The van der Waals surface area contributed by atoms with Gasteiger partial charge in [0.1, 0.15) is 0 Å². The van der Waals surface area contributed by atoms with Gasteiger partial charge in [0.2, 0.25) is 0 Å². The maximum absolute atomic E-state index is 11.9. The molecule has 0 spiro atoms. The monoisotopic (exact) mass is 313 g/mol. The van der Waals surface area contributed by atoms with Crippen LogP contribution >= 0.6 is 11.3 Å². The Morgan fingerprint density at radius 2 is 2.30 bits per heavy atom. The van der Waals surface area contributed by atoms with E-state index in [1.807, 2.05) is 0 Å². The van der Waals surface area contributed by atoms with Crippen LogP contribution in [0.2, 0.25) is 0 Å². The molecular formula is C11H11N3O4S2. The molecule has 0 aliphatic heterocycles. The van der Waals surface area contributed by atoms with E-state index in [2.05, 4.69) is 14.9 Å². The molecule has 3 N–H and O–H groups in total. The topological polar surface area (TPSA) is 112 Å². The van der Waals surface area contributed by atoms with Crippen LogP contribution in [0.3, 0.4) is 0 Å². The van der Waals surface area contributed by atoms with Crippen molar-refractivity contribution in [3.8, 4) is 0 Å². The summed E-state index contributed by atoms with van der Waals surface area (Å²) in [4.78, 5) is 11.2. The summed E-state index contributed by atoms with van der Waals surface area (Å²) in [5.41, 5.74) is 0.671. The van der Waals surface area contributed by atoms with Gasteiger partial charge in [0.15, 0.2) is 5.03 Å². The smallest absolute Gasteiger partial charge is 0.328 e. The summed E-state index contributed by atoms with van der Waals surface area (Å²) in [7, 11) is -3.64. The van der Waals surface area contributed by atoms with Gasteiger partial charge in [-0.1, -0.05) is 0 Å². The van der Waals surface area contributed by atoms with E-state index in [-0.39, 0.29) is 11.6 Å². The summed E-state index contributed by atoms with van der Waals surface area (Å²) in [5.74, 6) is -1.06. The zero-order valence-corrected chi connectivity index (χ0v) is 11.7. The van der Waals surface area contributed by atoms with E-state index in [4.69, 9.17) is 5.11 Å². The van der Waals surface area contributed by atoms with Crippen molar-refractivity contribution >= 4 is 33.4 Å². The van der Waals surface area contributed by atoms with E-state index in [1.165, 1.54) is 29.7 Å². The second-order valence-corrected chi connectivity index (χ2v) is 6.45. The first-order valence-corrected chi connectivity index (χ1v) is 7.82. The predicted molar refractivity (Wildman–Crippen MR) is 73.6 cm³/mol. The molecule has 2 rings (SSSR count). The van der Waals surface area contributed by atoms with Gasteiger partial charge in [-0.3, -0.25) is 5.10 Å². The van der Waals surface area contributed by atoms with Crippen LogP contribution in [0.25, 0.3) is 6.08 Å². The van der Waals surface area contributed by atoms with Crippen LogP contribution in [-0.2, 0) is 21.4 Å². The molecule has 0 aliphatic carbocycles. The largest absolute Gasteiger partial charge is 0.478 e. The minimum atomic E-state index is -3.64. The predicted octanol–water partition coefficient (Wildman–Crippen LogP) is 1.05. The third-order valence-electron chi connectivity index (χ3n) is 2.37. The van der Waals surface area contributed by atoms with Crippen molar-refractivity contribution in [3.05, 3.63) is 40.2 Å². The van der Waals surface area contributed by atoms with Crippen molar-refractivity contribution in [2.24, 2.45) is 0 Å². The number of H-pyrrole nitrogens is 1. The Hall–Kier alpha value is -1.97. The molecule has 7 nitrogen and oxygen atoms in total. The molecule has 2 aromatic rings. The number of sulfonamides is 1. The molecule has 106 valence electrons. The Morgan fingerprint density at radius 1 is 1.50 bits per heavy atom. The van der Waals surface area contributed by atoms with Crippen molar-refractivity contribution in [1.82, 2.24) is 14.9 Å². The molecule has 0 amide bonds. The number of aliphatic carboxylic acids is 1. The number of aromatic nitrogens is 2. The number of nitrogens with zero attached hydrogens (tertiary/aromatic N) is 1. The Morgan fingerprint density at radius 3 is 2.95 bits per heavy atom. The van der Waals surface area contributed by atoms with Crippen molar-refractivity contribution < 1.29 is 18.3 Å². The molecule has 20 heavy (non-hydrogen) atoms. The molecular weight excluding hydrogens is 302 g/mol. The molecule has 0 fully saturated rings. The van der Waals surface area contributed by atoms with Crippen LogP contribution in [0.1, 0.15) is 10.4 Å². The number of thiophene rings is 1. The second kappa shape index (κ2) is 5.99. The van der Waals surface area contributed by atoms with E-state index in [1.54, 1.807) is 11.4 Å². The van der Waals surface area contributed by atoms with Gasteiger partial charge in [0.05, 0.1) is 6.20 Å². The molecule has 0 aliphatic rings. The fourth-order valence-corrected chi connectivity index (χ4v) is 3.24. The van der Waals surface area contributed by atoms with Crippen molar-refractivity contribution in [2.75, 3.05) is 0 Å². The standard InChI is InChI=1S/C11H11N3O4S2/c15-11(16)2-1-8-4-6-19-9(8)7-13-20(17,18)10-3-5-12-14-10/h1-6,13H,7H2,(H,12,14)(H,15,16)/b2-1+. The molecule has 0 atom stereocenters. The lowest BCUT2D eigenvalue weighted by atomic mass is 10.2.